The van der Waals surface area contributed by atoms with Crippen LogP contribution < -0.4 is 0 Å². The van der Waals surface area contributed by atoms with E-state index in [1.54, 1.807) is 0 Å². The number of hydrogen-bond donors (Lipinski definition) is 0. The lowest BCUT2D eigenvalue weighted by Gasteiger charge is -2.34. The van der Waals surface area contributed by atoms with Gasteiger partial charge >= 0.3 is 0 Å². The molecule has 0 bridgehead atoms. The Morgan fingerprint density at radius 1 is 1.45 bits per heavy atom. The highest BCUT2D eigenvalue weighted by atomic mass is 28.3. The molecular formula is C9H21NSi. The zero-order chi connectivity index (χ0) is 9.07. The third kappa shape index (κ3) is 2.79. The van der Waals surface area contributed by atoms with E-state index >= 15 is 0 Å². The minimum Gasteiger partial charge on any atom is -0.309 e. The molecule has 66 valence electrons. The van der Waals surface area contributed by atoms with Crippen molar-refractivity contribution < 1.29 is 0 Å². The first-order valence-corrected chi connectivity index (χ1v) is 7.41. The normalized spacial score (nSPS) is 15.1. The molecule has 0 aromatic rings. The zero-order valence-corrected chi connectivity index (χ0v) is 9.52. The molecular weight excluding hydrogens is 150 g/mol. The van der Waals surface area contributed by atoms with Gasteiger partial charge in [0.05, 0.1) is 8.07 Å². The van der Waals surface area contributed by atoms with Gasteiger partial charge < -0.3 is 4.90 Å². The number of hydrogen-bond acceptors (Lipinski definition) is 1. The molecule has 0 spiro atoms. The van der Waals surface area contributed by atoms with Crippen LogP contribution in [0, 0.1) is 0 Å². The highest BCUT2D eigenvalue weighted by molar-refractivity contribution is 6.83. The lowest BCUT2D eigenvalue weighted by molar-refractivity contribution is 0.357. The van der Waals surface area contributed by atoms with Crippen LogP contribution in [0.3, 0.4) is 0 Å². The fraction of sp³-hybridized carbons (Fsp3) is 0.778. The topological polar surface area (TPSA) is 3.24 Å². The molecule has 1 atom stereocenters. The summed E-state index contributed by atoms with van der Waals surface area (Å²) in [5, 5.41) is 0. The molecule has 2 heteroatoms. The van der Waals surface area contributed by atoms with E-state index < -0.39 is 8.07 Å². The van der Waals surface area contributed by atoms with Crippen LogP contribution in [0.5, 0.6) is 0 Å². The summed E-state index contributed by atoms with van der Waals surface area (Å²) in [6, 6.07) is 0. The number of nitrogens with zero attached hydrogens (tertiary/aromatic N) is 1. The standard InChI is InChI=1S/C9H21NSi/c1-7-9(10(3)4)11(5,6)8-2/h8-9H,2,7H2,1,3-6H3. The smallest absolute Gasteiger partial charge is 0.0893 e. The Morgan fingerprint density at radius 3 is 2.00 bits per heavy atom. The molecule has 0 fully saturated rings. The molecule has 0 saturated carbocycles. The van der Waals surface area contributed by atoms with Crippen LogP contribution in [0.15, 0.2) is 12.3 Å². The molecule has 0 heterocycles. The van der Waals surface area contributed by atoms with Gasteiger partial charge in [0.2, 0.25) is 0 Å². The summed E-state index contributed by atoms with van der Waals surface area (Å²) in [7, 11) is 3.14. The molecule has 11 heavy (non-hydrogen) atoms. The summed E-state index contributed by atoms with van der Waals surface area (Å²) in [5.41, 5.74) is 2.92. The summed E-state index contributed by atoms with van der Waals surface area (Å²) in [6.07, 6.45) is 1.23. The van der Waals surface area contributed by atoms with E-state index in [9.17, 15) is 0 Å². The Kier molecular flexibility index (Phi) is 4.04. The maximum absolute atomic E-state index is 3.92. The summed E-state index contributed by atoms with van der Waals surface area (Å²) >= 11 is 0. The van der Waals surface area contributed by atoms with E-state index in [2.05, 4.69) is 51.3 Å². The quantitative estimate of drug-likeness (QED) is 0.587. The van der Waals surface area contributed by atoms with Gasteiger partial charge in [-0.3, -0.25) is 0 Å². The molecule has 0 radical (unpaired) electrons. The van der Waals surface area contributed by atoms with Crippen molar-refractivity contribution in [3.05, 3.63) is 12.3 Å². The summed E-state index contributed by atoms with van der Waals surface area (Å²) < 4.78 is 0. The van der Waals surface area contributed by atoms with Gasteiger partial charge in [-0.1, -0.05) is 20.0 Å². The van der Waals surface area contributed by atoms with Crippen LogP contribution in [0.25, 0.3) is 0 Å². The van der Waals surface area contributed by atoms with Gasteiger partial charge in [0, 0.05) is 5.67 Å². The van der Waals surface area contributed by atoms with Gasteiger partial charge in [-0.15, -0.1) is 12.3 Å². The van der Waals surface area contributed by atoms with Crippen molar-refractivity contribution in [2.24, 2.45) is 0 Å². The Bertz CT molecular complexity index is 130. The van der Waals surface area contributed by atoms with Gasteiger partial charge in [0.25, 0.3) is 0 Å². The minimum atomic E-state index is -1.18. The van der Waals surface area contributed by atoms with E-state index in [-0.39, 0.29) is 0 Å². The van der Waals surface area contributed by atoms with Gasteiger partial charge in [-0.2, -0.15) is 0 Å². The fourth-order valence-corrected chi connectivity index (χ4v) is 4.35. The monoisotopic (exact) mass is 171 g/mol. The highest BCUT2D eigenvalue weighted by Gasteiger charge is 2.28. The lowest BCUT2D eigenvalue weighted by atomic mass is 10.4. The van der Waals surface area contributed by atoms with Crippen molar-refractivity contribution >= 4 is 8.07 Å². The average molecular weight is 171 g/mol. The second kappa shape index (κ2) is 4.07. The molecule has 0 amide bonds. The molecule has 0 N–H and O–H groups in total. The maximum atomic E-state index is 3.92. The van der Waals surface area contributed by atoms with Gasteiger partial charge in [0.15, 0.2) is 0 Å². The van der Waals surface area contributed by atoms with Crippen LogP contribution in [0.2, 0.25) is 13.1 Å². The Hall–Kier alpha value is -0.0831. The molecule has 0 aliphatic carbocycles. The Morgan fingerprint density at radius 2 is 1.91 bits per heavy atom. The fourth-order valence-electron chi connectivity index (χ4n) is 1.69. The van der Waals surface area contributed by atoms with E-state index in [4.69, 9.17) is 0 Å². The van der Waals surface area contributed by atoms with Crippen molar-refractivity contribution in [2.45, 2.75) is 32.1 Å². The first-order valence-electron chi connectivity index (χ1n) is 4.25. The molecule has 0 aliphatic rings. The molecule has 0 aromatic heterocycles. The van der Waals surface area contributed by atoms with Gasteiger partial charge in [0.1, 0.15) is 0 Å². The summed E-state index contributed by atoms with van der Waals surface area (Å²) in [4.78, 5) is 2.33. The predicted octanol–water partition coefficient (Wildman–Crippen LogP) is 2.30. The van der Waals surface area contributed by atoms with Crippen LogP contribution in [-0.4, -0.2) is 32.7 Å². The van der Waals surface area contributed by atoms with E-state index in [1.807, 2.05) is 0 Å². The van der Waals surface area contributed by atoms with Crippen LogP contribution in [-0.2, 0) is 0 Å². The van der Waals surface area contributed by atoms with Crippen molar-refractivity contribution in [3.8, 4) is 0 Å². The number of rotatable bonds is 4. The SMILES string of the molecule is C=C[Si](C)(C)C(CC)N(C)C. The van der Waals surface area contributed by atoms with Gasteiger partial charge in [-0.25, -0.2) is 0 Å². The van der Waals surface area contributed by atoms with E-state index in [0.29, 0.717) is 0 Å². The predicted molar refractivity (Wildman–Crippen MR) is 55.4 cm³/mol. The molecule has 1 unspecified atom stereocenters. The van der Waals surface area contributed by atoms with Crippen molar-refractivity contribution in [1.29, 1.82) is 0 Å². The Labute approximate surface area is 72.1 Å². The van der Waals surface area contributed by atoms with Crippen LogP contribution >= 0.6 is 0 Å². The minimum absolute atomic E-state index is 0.736. The van der Waals surface area contributed by atoms with Crippen LogP contribution in [0.1, 0.15) is 13.3 Å². The lowest BCUT2D eigenvalue weighted by Crippen LogP contribution is -2.48. The third-order valence-electron chi connectivity index (χ3n) is 2.39. The van der Waals surface area contributed by atoms with E-state index in [1.165, 1.54) is 6.42 Å². The first kappa shape index (κ1) is 10.9. The molecule has 0 rings (SSSR count). The molecule has 0 aliphatic heterocycles. The zero-order valence-electron chi connectivity index (χ0n) is 8.52. The molecule has 0 saturated heterocycles. The van der Waals surface area contributed by atoms with Crippen molar-refractivity contribution in [1.82, 2.24) is 4.90 Å². The van der Waals surface area contributed by atoms with Gasteiger partial charge in [-0.05, 0) is 20.5 Å². The Balaban J connectivity index is 4.35. The molecule has 0 aromatic carbocycles. The largest absolute Gasteiger partial charge is 0.309 e. The second-order valence-electron chi connectivity index (χ2n) is 3.91. The van der Waals surface area contributed by atoms with E-state index in [0.717, 1.165) is 5.67 Å². The third-order valence-corrected chi connectivity index (χ3v) is 6.09. The summed E-state index contributed by atoms with van der Waals surface area (Å²) in [6.45, 7) is 10.9. The van der Waals surface area contributed by atoms with Crippen molar-refractivity contribution in [2.75, 3.05) is 14.1 Å². The average Bonchev–Trinajstić information content (AvgIpc) is 1.88. The van der Waals surface area contributed by atoms with Crippen molar-refractivity contribution in [3.63, 3.8) is 0 Å². The van der Waals surface area contributed by atoms with Crippen LogP contribution in [0.4, 0.5) is 0 Å². The first-order chi connectivity index (χ1) is 4.95. The summed E-state index contributed by atoms with van der Waals surface area (Å²) in [5.74, 6) is 0. The maximum Gasteiger partial charge on any atom is 0.0893 e. The highest BCUT2D eigenvalue weighted by Crippen LogP contribution is 2.16. The molecule has 1 nitrogen and oxygen atoms in total. The second-order valence-corrected chi connectivity index (χ2v) is 8.63.